The van der Waals surface area contributed by atoms with Gasteiger partial charge in [-0.05, 0) is 30.7 Å². The number of ether oxygens (including phenoxy) is 1. The van der Waals surface area contributed by atoms with Crippen LogP contribution in [0, 0.1) is 0 Å². The van der Waals surface area contributed by atoms with Crippen LogP contribution in [0.25, 0.3) is 0 Å². The molecule has 0 aliphatic carbocycles. The summed E-state index contributed by atoms with van der Waals surface area (Å²) in [6, 6.07) is 17.7. The maximum atomic E-state index is 5.70. The summed E-state index contributed by atoms with van der Waals surface area (Å²) in [6.07, 6.45) is 4.52. The van der Waals surface area contributed by atoms with Crippen LogP contribution in [0.5, 0.6) is 5.75 Å². The fraction of sp³-hybridized carbons (Fsp3) is 0.118. The lowest BCUT2D eigenvalue weighted by Crippen LogP contribution is -1.98. The second-order valence-corrected chi connectivity index (χ2v) is 4.06. The van der Waals surface area contributed by atoms with Crippen LogP contribution in [0.1, 0.15) is 12.0 Å². The minimum absolute atomic E-state index is 0.639. The highest BCUT2D eigenvalue weighted by Gasteiger charge is 1.99. The van der Waals surface area contributed by atoms with Gasteiger partial charge in [0.25, 0.3) is 0 Å². The van der Waals surface area contributed by atoms with Gasteiger partial charge in [0.05, 0.1) is 12.3 Å². The Morgan fingerprint density at radius 1 is 1.00 bits per heavy atom. The van der Waals surface area contributed by atoms with E-state index in [0.717, 1.165) is 23.4 Å². The average Bonchev–Trinajstić information content (AvgIpc) is 2.48. The molecular weight excluding hydrogens is 234 g/mol. The Morgan fingerprint density at radius 3 is 2.53 bits per heavy atom. The van der Waals surface area contributed by atoms with Crippen LogP contribution < -0.4 is 4.74 Å². The predicted molar refractivity (Wildman–Crippen MR) is 80.4 cm³/mol. The Balaban J connectivity index is 2.11. The van der Waals surface area contributed by atoms with Crippen molar-refractivity contribution in [3.8, 4) is 5.75 Å². The Kier molecular flexibility index (Phi) is 4.94. The molecule has 0 aromatic heterocycles. The van der Waals surface area contributed by atoms with Crippen LogP contribution in [-0.4, -0.2) is 12.8 Å². The lowest BCUT2D eigenvalue weighted by atomic mass is 10.2. The number of hydrogen-bond acceptors (Lipinski definition) is 2. The first kappa shape index (κ1) is 13.1. The van der Waals surface area contributed by atoms with Crippen LogP contribution in [-0.2, 0) is 0 Å². The van der Waals surface area contributed by atoms with Crippen LogP contribution in [0.2, 0.25) is 0 Å². The second kappa shape index (κ2) is 7.17. The van der Waals surface area contributed by atoms with E-state index in [-0.39, 0.29) is 0 Å². The van der Waals surface area contributed by atoms with E-state index in [2.05, 4.69) is 11.6 Å². The molecule has 2 aromatic carbocycles. The molecule has 0 aliphatic heterocycles. The van der Waals surface area contributed by atoms with E-state index >= 15 is 0 Å². The molecule has 2 aromatic rings. The minimum atomic E-state index is 0.639. The van der Waals surface area contributed by atoms with Crippen molar-refractivity contribution in [3.05, 3.63) is 72.8 Å². The standard InChI is InChI=1S/C17H17NO/c1-2-3-13-19-17-12-8-7-9-15(17)14-18-16-10-5-4-6-11-16/h2,4-12,14H,1,3,13H2. The largest absolute Gasteiger partial charge is 0.493 e. The number of nitrogens with zero attached hydrogens (tertiary/aromatic N) is 1. The van der Waals surface area contributed by atoms with Crippen molar-refractivity contribution in [2.24, 2.45) is 4.99 Å². The molecule has 0 bridgehead atoms. The van der Waals surface area contributed by atoms with Crippen LogP contribution >= 0.6 is 0 Å². The van der Waals surface area contributed by atoms with E-state index in [1.165, 1.54) is 0 Å². The maximum Gasteiger partial charge on any atom is 0.128 e. The zero-order chi connectivity index (χ0) is 13.3. The summed E-state index contributed by atoms with van der Waals surface area (Å²) < 4.78 is 5.70. The lowest BCUT2D eigenvalue weighted by Gasteiger charge is -2.07. The molecule has 0 atom stereocenters. The molecule has 0 heterocycles. The van der Waals surface area contributed by atoms with Gasteiger partial charge in [-0.3, -0.25) is 4.99 Å². The Labute approximate surface area is 114 Å². The van der Waals surface area contributed by atoms with Crippen LogP contribution in [0.4, 0.5) is 5.69 Å². The first-order valence-electron chi connectivity index (χ1n) is 6.32. The molecule has 2 heteroatoms. The number of para-hydroxylation sites is 2. The highest BCUT2D eigenvalue weighted by atomic mass is 16.5. The van der Waals surface area contributed by atoms with Gasteiger partial charge in [0.1, 0.15) is 5.75 Å². The van der Waals surface area contributed by atoms with E-state index in [1.54, 1.807) is 0 Å². The fourth-order valence-electron chi connectivity index (χ4n) is 1.63. The van der Waals surface area contributed by atoms with Crippen LogP contribution in [0.3, 0.4) is 0 Å². The molecule has 0 saturated carbocycles. The van der Waals surface area contributed by atoms with Crippen molar-refractivity contribution in [2.45, 2.75) is 6.42 Å². The molecular formula is C17H17NO. The molecule has 0 unspecified atom stereocenters. The summed E-state index contributed by atoms with van der Waals surface area (Å²) >= 11 is 0. The summed E-state index contributed by atoms with van der Waals surface area (Å²) in [7, 11) is 0. The van der Waals surface area contributed by atoms with Crippen molar-refractivity contribution in [1.82, 2.24) is 0 Å². The maximum absolute atomic E-state index is 5.70. The van der Waals surface area contributed by atoms with Gasteiger partial charge < -0.3 is 4.74 Å². The molecule has 0 amide bonds. The smallest absolute Gasteiger partial charge is 0.128 e. The first-order chi connectivity index (χ1) is 9.40. The zero-order valence-corrected chi connectivity index (χ0v) is 10.8. The summed E-state index contributed by atoms with van der Waals surface area (Å²) in [5.74, 6) is 0.851. The van der Waals surface area contributed by atoms with E-state index in [0.29, 0.717) is 6.61 Å². The molecule has 0 N–H and O–H groups in total. The summed E-state index contributed by atoms with van der Waals surface area (Å²) in [5, 5.41) is 0. The summed E-state index contributed by atoms with van der Waals surface area (Å²) in [4.78, 5) is 4.44. The molecule has 0 fully saturated rings. The van der Waals surface area contributed by atoms with Gasteiger partial charge in [-0.2, -0.15) is 0 Å². The zero-order valence-electron chi connectivity index (χ0n) is 10.8. The van der Waals surface area contributed by atoms with Gasteiger partial charge in [-0.15, -0.1) is 6.58 Å². The molecule has 19 heavy (non-hydrogen) atoms. The third kappa shape index (κ3) is 4.11. The van der Waals surface area contributed by atoms with Crippen LogP contribution in [0.15, 0.2) is 72.2 Å². The number of aliphatic imine (C=N–C) groups is 1. The summed E-state index contributed by atoms with van der Waals surface area (Å²) in [5.41, 5.74) is 1.92. The number of rotatable bonds is 6. The van der Waals surface area contributed by atoms with Gasteiger partial charge in [0.15, 0.2) is 0 Å². The van der Waals surface area contributed by atoms with Gasteiger partial charge in [0.2, 0.25) is 0 Å². The predicted octanol–water partition coefficient (Wildman–Crippen LogP) is 4.39. The van der Waals surface area contributed by atoms with E-state index in [1.807, 2.05) is 66.9 Å². The van der Waals surface area contributed by atoms with Crippen molar-refractivity contribution >= 4 is 11.9 Å². The third-order valence-corrected chi connectivity index (χ3v) is 2.61. The van der Waals surface area contributed by atoms with Gasteiger partial charge in [0, 0.05) is 11.8 Å². The fourth-order valence-corrected chi connectivity index (χ4v) is 1.63. The topological polar surface area (TPSA) is 21.6 Å². The molecule has 96 valence electrons. The van der Waals surface area contributed by atoms with E-state index < -0.39 is 0 Å². The lowest BCUT2D eigenvalue weighted by molar-refractivity contribution is 0.324. The molecule has 0 saturated heterocycles. The van der Waals surface area contributed by atoms with E-state index in [9.17, 15) is 0 Å². The molecule has 2 nitrogen and oxygen atoms in total. The van der Waals surface area contributed by atoms with E-state index in [4.69, 9.17) is 4.74 Å². The average molecular weight is 251 g/mol. The van der Waals surface area contributed by atoms with Crippen molar-refractivity contribution in [2.75, 3.05) is 6.61 Å². The molecule has 0 spiro atoms. The Hall–Kier alpha value is -2.35. The summed E-state index contributed by atoms with van der Waals surface area (Å²) in [6.45, 7) is 4.32. The highest BCUT2D eigenvalue weighted by Crippen LogP contribution is 2.18. The SMILES string of the molecule is C=CCCOc1ccccc1C=Nc1ccccc1. The van der Waals surface area contributed by atoms with Crippen molar-refractivity contribution in [3.63, 3.8) is 0 Å². The molecule has 0 aliphatic rings. The normalized spacial score (nSPS) is 10.5. The quantitative estimate of drug-likeness (QED) is 0.424. The molecule has 2 rings (SSSR count). The second-order valence-electron chi connectivity index (χ2n) is 4.06. The highest BCUT2D eigenvalue weighted by molar-refractivity contribution is 5.85. The third-order valence-electron chi connectivity index (χ3n) is 2.61. The monoisotopic (exact) mass is 251 g/mol. The molecule has 0 radical (unpaired) electrons. The van der Waals surface area contributed by atoms with Gasteiger partial charge >= 0.3 is 0 Å². The van der Waals surface area contributed by atoms with Crippen molar-refractivity contribution < 1.29 is 4.74 Å². The minimum Gasteiger partial charge on any atom is -0.493 e. The Bertz CT molecular complexity index is 546. The number of hydrogen-bond donors (Lipinski definition) is 0. The first-order valence-corrected chi connectivity index (χ1v) is 6.32. The van der Waals surface area contributed by atoms with Crippen molar-refractivity contribution in [1.29, 1.82) is 0 Å². The van der Waals surface area contributed by atoms with Gasteiger partial charge in [-0.1, -0.05) is 36.4 Å². The Morgan fingerprint density at radius 2 is 1.74 bits per heavy atom. The van der Waals surface area contributed by atoms with Gasteiger partial charge in [-0.25, -0.2) is 0 Å². The number of benzene rings is 2.